The summed E-state index contributed by atoms with van der Waals surface area (Å²) in [7, 11) is 2.18. The summed E-state index contributed by atoms with van der Waals surface area (Å²) in [6.45, 7) is 2.99. The maximum absolute atomic E-state index is 9.96. The summed E-state index contributed by atoms with van der Waals surface area (Å²) < 4.78 is 6.56. The molecule has 0 aliphatic carbocycles. The first-order valence-corrected chi connectivity index (χ1v) is 8.42. The van der Waals surface area contributed by atoms with Gasteiger partial charge in [-0.1, -0.05) is 28.4 Å². The molecule has 1 fully saturated rings. The van der Waals surface area contributed by atoms with Crippen molar-refractivity contribution in [2.75, 3.05) is 33.3 Å². The molecule has 0 spiro atoms. The molecule has 118 valence electrons. The molecule has 1 aromatic rings. The van der Waals surface area contributed by atoms with E-state index >= 15 is 0 Å². The van der Waals surface area contributed by atoms with Crippen molar-refractivity contribution in [2.24, 2.45) is 0 Å². The van der Waals surface area contributed by atoms with Crippen LogP contribution in [0.1, 0.15) is 19.3 Å². The van der Waals surface area contributed by atoms with Gasteiger partial charge in [0.1, 0.15) is 18.5 Å². The van der Waals surface area contributed by atoms with Gasteiger partial charge in [-0.25, -0.2) is 0 Å². The zero-order valence-corrected chi connectivity index (χ0v) is 14.2. The number of nitrogens with one attached hydrogen (secondary N) is 1. The SMILES string of the molecule is CN1CCCCC1CNCC(O)COc1cccc(Br)c1. The molecule has 4 nitrogen and oxygen atoms in total. The predicted octanol–water partition coefficient (Wildman–Crippen LogP) is 2.26. The third-order valence-corrected chi connectivity index (χ3v) is 4.41. The number of benzene rings is 1. The maximum Gasteiger partial charge on any atom is 0.120 e. The van der Waals surface area contributed by atoms with Gasteiger partial charge >= 0.3 is 0 Å². The van der Waals surface area contributed by atoms with E-state index < -0.39 is 6.10 Å². The van der Waals surface area contributed by atoms with Crippen LogP contribution in [0.25, 0.3) is 0 Å². The first-order valence-electron chi connectivity index (χ1n) is 7.62. The molecule has 21 heavy (non-hydrogen) atoms. The number of rotatable bonds is 7. The van der Waals surface area contributed by atoms with E-state index in [9.17, 15) is 5.11 Å². The summed E-state index contributed by atoms with van der Waals surface area (Å²) >= 11 is 3.40. The Morgan fingerprint density at radius 1 is 1.48 bits per heavy atom. The second kappa shape index (κ2) is 8.73. The number of likely N-dealkylation sites (tertiary alicyclic amines) is 1. The average molecular weight is 357 g/mol. The Hall–Kier alpha value is -0.620. The number of ether oxygens (including phenoxy) is 1. The number of aliphatic hydroxyl groups is 1. The molecule has 0 saturated carbocycles. The molecule has 0 amide bonds. The van der Waals surface area contributed by atoms with E-state index in [0.717, 1.165) is 16.8 Å². The molecule has 0 aromatic heterocycles. The van der Waals surface area contributed by atoms with Crippen molar-refractivity contribution in [1.29, 1.82) is 0 Å². The van der Waals surface area contributed by atoms with Crippen molar-refractivity contribution in [3.63, 3.8) is 0 Å². The van der Waals surface area contributed by atoms with Gasteiger partial charge in [0.15, 0.2) is 0 Å². The van der Waals surface area contributed by atoms with Crippen LogP contribution in [0.5, 0.6) is 5.75 Å². The topological polar surface area (TPSA) is 44.7 Å². The van der Waals surface area contributed by atoms with Gasteiger partial charge in [0.05, 0.1) is 0 Å². The summed E-state index contributed by atoms with van der Waals surface area (Å²) in [6.07, 6.45) is 3.37. The standard InChI is InChI=1S/C16H25BrN2O2/c1-19-8-3-2-6-14(19)10-18-11-15(20)12-21-16-7-4-5-13(17)9-16/h4-5,7,9,14-15,18,20H,2-3,6,8,10-12H2,1H3. The first kappa shape index (κ1) is 16.7. The number of piperidine rings is 1. The third kappa shape index (κ3) is 5.94. The summed E-state index contributed by atoms with van der Waals surface area (Å²) in [5.41, 5.74) is 0. The van der Waals surface area contributed by atoms with Crippen LogP contribution in [-0.4, -0.2) is 55.4 Å². The van der Waals surface area contributed by atoms with E-state index in [-0.39, 0.29) is 0 Å². The molecule has 5 heteroatoms. The highest BCUT2D eigenvalue weighted by Crippen LogP contribution is 2.17. The van der Waals surface area contributed by atoms with Crippen molar-refractivity contribution in [2.45, 2.75) is 31.4 Å². The minimum atomic E-state index is -0.488. The van der Waals surface area contributed by atoms with E-state index in [1.807, 2.05) is 24.3 Å². The van der Waals surface area contributed by atoms with E-state index in [4.69, 9.17) is 4.74 Å². The Morgan fingerprint density at radius 2 is 2.33 bits per heavy atom. The average Bonchev–Trinajstić information content (AvgIpc) is 2.47. The van der Waals surface area contributed by atoms with Crippen molar-refractivity contribution in [3.05, 3.63) is 28.7 Å². The Kier molecular flexibility index (Phi) is 6.96. The van der Waals surface area contributed by atoms with Gasteiger partial charge in [-0.2, -0.15) is 0 Å². The van der Waals surface area contributed by atoms with Gasteiger partial charge < -0.3 is 20.1 Å². The molecule has 0 bridgehead atoms. The van der Waals surface area contributed by atoms with Crippen LogP contribution in [0, 0.1) is 0 Å². The van der Waals surface area contributed by atoms with Crippen molar-refractivity contribution in [3.8, 4) is 5.75 Å². The minimum Gasteiger partial charge on any atom is -0.491 e. The van der Waals surface area contributed by atoms with Crippen molar-refractivity contribution < 1.29 is 9.84 Å². The van der Waals surface area contributed by atoms with Crippen LogP contribution >= 0.6 is 15.9 Å². The summed E-state index contributed by atoms with van der Waals surface area (Å²) in [6, 6.07) is 8.25. The lowest BCUT2D eigenvalue weighted by molar-refractivity contribution is 0.102. The number of likely N-dealkylation sites (N-methyl/N-ethyl adjacent to an activating group) is 1. The van der Waals surface area contributed by atoms with Gasteiger partial charge in [0, 0.05) is 23.6 Å². The molecular formula is C16H25BrN2O2. The Balaban J connectivity index is 1.62. The van der Waals surface area contributed by atoms with E-state index in [1.165, 1.54) is 25.8 Å². The lowest BCUT2D eigenvalue weighted by Gasteiger charge is -2.32. The molecule has 1 aromatic carbocycles. The number of hydrogen-bond acceptors (Lipinski definition) is 4. The fraction of sp³-hybridized carbons (Fsp3) is 0.625. The normalized spacial score (nSPS) is 21.2. The lowest BCUT2D eigenvalue weighted by atomic mass is 10.0. The van der Waals surface area contributed by atoms with E-state index in [1.54, 1.807) is 0 Å². The third-order valence-electron chi connectivity index (χ3n) is 3.92. The van der Waals surface area contributed by atoms with Crippen molar-refractivity contribution in [1.82, 2.24) is 10.2 Å². The Morgan fingerprint density at radius 3 is 3.10 bits per heavy atom. The maximum atomic E-state index is 9.96. The molecule has 2 unspecified atom stereocenters. The zero-order chi connectivity index (χ0) is 15.1. The van der Waals surface area contributed by atoms with Gasteiger partial charge in [-0.15, -0.1) is 0 Å². The second-order valence-electron chi connectivity index (χ2n) is 5.71. The van der Waals surface area contributed by atoms with E-state index in [0.29, 0.717) is 19.2 Å². The molecule has 2 atom stereocenters. The second-order valence-corrected chi connectivity index (χ2v) is 6.63. The lowest BCUT2D eigenvalue weighted by Crippen LogP contribution is -2.45. The van der Waals surface area contributed by atoms with Crippen LogP contribution in [-0.2, 0) is 0 Å². The molecule has 1 aliphatic heterocycles. The smallest absolute Gasteiger partial charge is 0.120 e. The number of halogens is 1. The van der Waals surface area contributed by atoms with Gasteiger partial charge in [-0.3, -0.25) is 0 Å². The van der Waals surface area contributed by atoms with Crippen LogP contribution in [0.2, 0.25) is 0 Å². The van der Waals surface area contributed by atoms with Gasteiger partial charge in [-0.05, 0) is 44.6 Å². The Bertz CT molecular complexity index is 430. The molecule has 0 radical (unpaired) electrons. The fourth-order valence-corrected chi connectivity index (χ4v) is 3.00. The van der Waals surface area contributed by atoms with Crippen LogP contribution in [0.4, 0.5) is 0 Å². The highest BCUT2D eigenvalue weighted by Gasteiger charge is 2.18. The van der Waals surface area contributed by atoms with Gasteiger partial charge in [0.25, 0.3) is 0 Å². The van der Waals surface area contributed by atoms with Crippen LogP contribution in [0.3, 0.4) is 0 Å². The predicted molar refractivity (Wildman–Crippen MR) is 88.8 cm³/mol. The minimum absolute atomic E-state index is 0.309. The molecular weight excluding hydrogens is 332 g/mol. The number of nitrogens with zero attached hydrogens (tertiary/aromatic N) is 1. The number of hydrogen-bond donors (Lipinski definition) is 2. The fourth-order valence-electron chi connectivity index (χ4n) is 2.63. The van der Waals surface area contributed by atoms with Crippen LogP contribution in [0.15, 0.2) is 28.7 Å². The largest absolute Gasteiger partial charge is 0.491 e. The highest BCUT2D eigenvalue weighted by atomic mass is 79.9. The monoisotopic (exact) mass is 356 g/mol. The zero-order valence-electron chi connectivity index (χ0n) is 12.6. The molecule has 1 heterocycles. The van der Waals surface area contributed by atoms with E-state index in [2.05, 4.69) is 33.2 Å². The first-order chi connectivity index (χ1) is 10.1. The van der Waals surface area contributed by atoms with Gasteiger partial charge in [0.2, 0.25) is 0 Å². The summed E-state index contributed by atoms with van der Waals surface area (Å²) in [5.74, 6) is 0.774. The quantitative estimate of drug-likeness (QED) is 0.786. The molecule has 2 rings (SSSR count). The summed E-state index contributed by atoms with van der Waals surface area (Å²) in [5, 5.41) is 13.3. The van der Waals surface area contributed by atoms with Crippen LogP contribution < -0.4 is 10.1 Å². The molecule has 1 saturated heterocycles. The number of aliphatic hydroxyl groups excluding tert-OH is 1. The van der Waals surface area contributed by atoms with Crippen molar-refractivity contribution >= 4 is 15.9 Å². The molecule has 2 N–H and O–H groups in total. The highest BCUT2D eigenvalue weighted by molar-refractivity contribution is 9.10. The molecule has 1 aliphatic rings. The Labute approximate surface area is 135 Å². The summed E-state index contributed by atoms with van der Waals surface area (Å²) in [4.78, 5) is 2.40.